The summed E-state index contributed by atoms with van der Waals surface area (Å²) in [6, 6.07) is 9.68. The molecule has 0 spiro atoms. The number of nitrogens with one attached hydrogen (secondary N) is 1. The van der Waals surface area contributed by atoms with Gasteiger partial charge in [0.2, 0.25) is 0 Å². The van der Waals surface area contributed by atoms with Crippen molar-refractivity contribution in [1.82, 2.24) is 0 Å². The molecule has 3 rings (SSSR count). The normalized spacial score (nSPS) is 15.7. The van der Waals surface area contributed by atoms with Gasteiger partial charge in [0, 0.05) is 27.5 Å². The number of rotatable bonds is 2. The van der Waals surface area contributed by atoms with Crippen molar-refractivity contribution in [1.29, 1.82) is 0 Å². The summed E-state index contributed by atoms with van der Waals surface area (Å²) < 4.78 is 50.4. The Kier molecular flexibility index (Phi) is 4.86. The van der Waals surface area contributed by atoms with E-state index >= 15 is 0 Å². The smallest absolute Gasteiger partial charge is 0.318 e. The fourth-order valence-electron chi connectivity index (χ4n) is 2.42. The van der Waals surface area contributed by atoms with E-state index in [2.05, 4.69) is 0 Å². The number of hydrogen-bond donors (Lipinski definition) is 1. The second-order valence-electron chi connectivity index (χ2n) is 5.51. The lowest BCUT2D eigenvalue weighted by atomic mass is 10.0. The lowest BCUT2D eigenvalue weighted by molar-refractivity contribution is -0.167. The molecule has 2 aromatic carbocycles. The minimum atomic E-state index is -4.99. The molecule has 0 fully saturated rings. The Morgan fingerprint density at radius 2 is 1.92 bits per heavy atom. The summed E-state index contributed by atoms with van der Waals surface area (Å²) >= 11 is 1.37. The van der Waals surface area contributed by atoms with Crippen LogP contribution in [0.1, 0.15) is 15.9 Å². The molecular formula is C18H11F4NO2S. The average molecular weight is 381 g/mol. The van der Waals surface area contributed by atoms with E-state index in [1.165, 1.54) is 48.2 Å². The number of halogens is 4. The van der Waals surface area contributed by atoms with Gasteiger partial charge >= 0.3 is 12.1 Å². The van der Waals surface area contributed by atoms with Crippen LogP contribution in [0.5, 0.6) is 0 Å². The van der Waals surface area contributed by atoms with Crippen LogP contribution in [0.2, 0.25) is 0 Å². The first-order chi connectivity index (χ1) is 12.2. The molecule has 1 N–H and O–H groups in total. The van der Waals surface area contributed by atoms with Crippen molar-refractivity contribution < 1.29 is 27.2 Å². The number of thioether (sulfide) groups is 1. The van der Waals surface area contributed by atoms with Crippen LogP contribution in [0.4, 0.5) is 23.2 Å². The molecule has 0 aromatic heterocycles. The van der Waals surface area contributed by atoms with Gasteiger partial charge in [-0.15, -0.1) is 11.8 Å². The van der Waals surface area contributed by atoms with Crippen molar-refractivity contribution in [3.63, 3.8) is 0 Å². The SMILES string of the molecule is O=C1/C(=C\c2cccc(NC(=O)C(F)(F)F)c2)CSc2ccc(F)cc21. The zero-order chi connectivity index (χ0) is 18.9. The van der Waals surface area contributed by atoms with Gasteiger partial charge in [-0.25, -0.2) is 4.39 Å². The molecule has 1 heterocycles. The van der Waals surface area contributed by atoms with Gasteiger partial charge in [-0.1, -0.05) is 12.1 Å². The number of hydrogen-bond acceptors (Lipinski definition) is 3. The third-order valence-corrected chi connectivity index (χ3v) is 4.73. The number of carbonyl (C=O) groups is 2. The number of Topliss-reactive ketones (excluding diaryl/α,β-unsaturated/α-hetero) is 1. The van der Waals surface area contributed by atoms with Gasteiger partial charge in [0.25, 0.3) is 0 Å². The molecule has 1 amide bonds. The lowest BCUT2D eigenvalue weighted by Gasteiger charge is -2.17. The highest BCUT2D eigenvalue weighted by molar-refractivity contribution is 7.99. The number of ketones is 1. The van der Waals surface area contributed by atoms with E-state index in [1.54, 1.807) is 11.4 Å². The number of anilines is 1. The monoisotopic (exact) mass is 381 g/mol. The molecule has 0 saturated heterocycles. The van der Waals surface area contributed by atoms with Crippen molar-refractivity contribution in [3.8, 4) is 0 Å². The minimum absolute atomic E-state index is 0.0379. The molecule has 0 unspecified atom stereocenters. The number of fused-ring (bicyclic) bond motifs is 1. The summed E-state index contributed by atoms with van der Waals surface area (Å²) in [4.78, 5) is 24.2. The molecule has 8 heteroatoms. The van der Waals surface area contributed by atoms with Crippen LogP contribution >= 0.6 is 11.8 Å². The van der Waals surface area contributed by atoms with Crippen LogP contribution in [0.25, 0.3) is 6.08 Å². The van der Waals surface area contributed by atoms with Crippen LogP contribution in [-0.4, -0.2) is 23.6 Å². The van der Waals surface area contributed by atoms with Gasteiger partial charge in [0.05, 0.1) is 0 Å². The topological polar surface area (TPSA) is 46.2 Å². The Bertz CT molecular complexity index is 922. The van der Waals surface area contributed by atoms with Crippen LogP contribution in [0.3, 0.4) is 0 Å². The van der Waals surface area contributed by atoms with Crippen molar-refractivity contribution in [2.24, 2.45) is 0 Å². The largest absolute Gasteiger partial charge is 0.471 e. The van der Waals surface area contributed by atoms with Crippen molar-refractivity contribution in [3.05, 3.63) is 65.0 Å². The molecule has 134 valence electrons. The fourth-order valence-corrected chi connectivity index (χ4v) is 3.41. The molecule has 0 bridgehead atoms. The van der Waals surface area contributed by atoms with Gasteiger partial charge in [0.15, 0.2) is 5.78 Å². The number of benzene rings is 2. The molecule has 26 heavy (non-hydrogen) atoms. The first kappa shape index (κ1) is 18.2. The molecule has 2 aromatic rings. The maximum Gasteiger partial charge on any atom is 0.471 e. The highest BCUT2D eigenvalue weighted by Crippen LogP contribution is 2.34. The van der Waals surface area contributed by atoms with E-state index in [1.807, 2.05) is 0 Å². The van der Waals surface area contributed by atoms with Crippen LogP contribution in [0.15, 0.2) is 52.9 Å². The lowest BCUT2D eigenvalue weighted by Crippen LogP contribution is -2.29. The van der Waals surface area contributed by atoms with E-state index < -0.39 is 17.9 Å². The van der Waals surface area contributed by atoms with Crippen LogP contribution in [-0.2, 0) is 4.79 Å². The van der Waals surface area contributed by atoms with E-state index in [4.69, 9.17) is 0 Å². The zero-order valence-corrected chi connectivity index (χ0v) is 13.9. The van der Waals surface area contributed by atoms with Gasteiger partial charge in [-0.2, -0.15) is 13.2 Å². The Hall–Kier alpha value is -2.61. The summed E-state index contributed by atoms with van der Waals surface area (Å²) in [5, 5.41) is 1.76. The minimum Gasteiger partial charge on any atom is -0.318 e. The zero-order valence-electron chi connectivity index (χ0n) is 13.1. The highest BCUT2D eigenvalue weighted by atomic mass is 32.2. The summed E-state index contributed by atoms with van der Waals surface area (Å²) in [5.74, 6) is -2.56. The van der Waals surface area contributed by atoms with Crippen LogP contribution < -0.4 is 5.32 Å². The molecule has 3 nitrogen and oxygen atoms in total. The Balaban J connectivity index is 1.86. The summed E-state index contributed by atoms with van der Waals surface area (Å²) in [6.07, 6.45) is -3.47. The predicted octanol–water partition coefficient (Wildman–Crippen LogP) is 4.70. The van der Waals surface area contributed by atoms with Crippen molar-refractivity contribution in [2.45, 2.75) is 11.1 Å². The van der Waals surface area contributed by atoms with Crippen LogP contribution in [0, 0.1) is 5.82 Å². The fraction of sp³-hybridized carbons (Fsp3) is 0.111. The molecule has 1 aliphatic rings. The van der Waals surface area contributed by atoms with E-state index in [9.17, 15) is 27.2 Å². The summed E-state index contributed by atoms with van der Waals surface area (Å²) in [5.41, 5.74) is 1.07. The van der Waals surface area contributed by atoms with E-state index in [0.717, 1.165) is 6.07 Å². The third kappa shape index (κ3) is 3.96. The Morgan fingerprint density at radius 1 is 1.15 bits per heavy atom. The van der Waals surface area contributed by atoms with Crippen molar-refractivity contribution in [2.75, 3.05) is 11.1 Å². The number of carbonyl (C=O) groups excluding carboxylic acids is 2. The first-order valence-electron chi connectivity index (χ1n) is 7.40. The third-order valence-electron chi connectivity index (χ3n) is 3.60. The second-order valence-corrected chi connectivity index (χ2v) is 6.52. The number of alkyl halides is 3. The predicted molar refractivity (Wildman–Crippen MR) is 90.6 cm³/mol. The van der Waals surface area contributed by atoms with E-state index in [-0.39, 0.29) is 17.0 Å². The molecule has 0 atom stereocenters. The van der Waals surface area contributed by atoms with Gasteiger partial charge < -0.3 is 5.32 Å². The van der Waals surface area contributed by atoms with Gasteiger partial charge in [-0.3, -0.25) is 9.59 Å². The Labute approximate surface area is 150 Å². The second kappa shape index (κ2) is 6.95. The quantitative estimate of drug-likeness (QED) is 0.606. The summed E-state index contributed by atoms with van der Waals surface area (Å²) in [6.45, 7) is 0. The van der Waals surface area contributed by atoms with Gasteiger partial charge in [-0.05, 0) is 42.0 Å². The molecule has 0 saturated carbocycles. The standard InChI is InChI=1S/C18H11F4NO2S/c19-12-4-5-15-14(8-12)16(24)11(9-26-15)6-10-2-1-3-13(7-10)23-17(25)18(20,21)22/h1-8H,9H2,(H,23,25)/b11-6-. The maximum absolute atomic E-state index is 13.4. The maximum atomic E-state index is 13.4. The highest BCUT2D eigenvalue weighted by Gasteiger charge is 2.38. The Morgan fingerprint density at radius 3 is 2.65 bits per heavy atom. The first-order valence-corrected chi connectivity index (χ1v) is 8.38. The molecule has 0 radical (unpaired) electrons. The van der Waals surface area contributed by atoms with E-state index in [0.29, 0.717) is 21.8 Å². The molecule has 1 aliphatic heterocycles. The van der Waals surface area contributed by atoms with Gasteiger partial charge in [0.1, 0.15) is 5.82 Å². The van der Waals surface area contributed by atoms with Crippen molar-refractivity contribution >= 4 is 35.2 Å². The summed E-state index contributed by atoms with van der Waals surface area (Å²) in [7, 11) is 0. The average Bonchev–Trinajstić information content (AvgIpc) is 2.57. The molecular weight excluding hydrogens is 370 g/mol. The molecule has 0 aliphatic carbocycles. The number of amides is 1.